The number of rotatable bonds is 3. The largest absolute Gasteiger partial charge is 0.339 e. The van der Waals surface area contributed by atoms with E-state index in [1.165, 1.54) is 25.7 Å². The molecule has 1 aliphatic carbocycles. The first-order chi connectivity index (χ1) is 9.88. The summed E-state index contributed by atoms with van der Waals surface area (Å²) >= 11 is 0. The lowest BCUT2D eigenvalue weighted by Gasteiger charge is -2.40. The van der Waals surface area contributed by atoms with E-state index < -0.39 is 0 Å². The molecule has 2 aliphatic rings. The Labute approximate surface area is 130 Å². The van der Waals surface area contributed by atoms with Gasteiger partial charge in [-0.15, -0.1) is 0 Å². The number of nitrogens with one attached hydrogen (secondary N) is 1. The number of carbonyl (C=O) groups excluding carboxylic acids is 1. The first-order valence-electron chi connectivity index (χ1n) is 8.56. The summed E-state index contributed by atoms with van der Waals surface area (Å²) in [6.07, 6.45) is 5.10. The maximum Gasteiger partial charge on any atom is 0.236 e. The SMILES string of the molecule is CN(CC(=O)N1CCNCC1)C1CCC(C(C)(C)C)CC1. The third-order valence-electron chi connectivity index (χ3n) is 5.40. The summed E-state index contributed by atoms with van der Waals surface area (Å²) in [6.45, 7) is 11.3. The molecule has 0 unspecified atom stereocenters. The minimum Gasteiger partial charge on any atom is -0.339 e. The van der Waals surface area contributed by atoms with E-state index in [0.29, 0.717) is 23.9 Å². The zero-order valence-corrected chi connectivity index (χ0v) is 14.3. The zero-order valence-electron chi connectivity index (χ0n) is 14.3. The molecule has 0 aromatic carbocycles. The molecule has 122 valence electrons. The number of likely N-dealkylation sites (N-methyl/N-ethyl adjacent to an activating group) is 1. The van der Waals surface area contributed by atoms with Crippen LogP contribution in [0, 0.1) is 11.3 Å². The maximum atomic E-state index is 12.3. The van der Waals surface area contributed by atoms with Crippen LogP contribution >= 0.6 is 0 Å². The van der Waals surface area contributed by atoms with Crippen molar-refractivity contribution in [2.24, 2.45) is 11.3 Å². The molecule has 1 saturated heterocycles. The molecule has 1 heterocycles. The van der Waals surface area contributed by atoms with Gasteiger partial charge in [-0.3, -0.25) is 9.69 Å². The summed E-state index contributed by atoms with van der Waals surface area (Å²) in [5.74, 6) is 1.14. The molecule has 4 nitrogen and oxygen atoms in total. The minimum absolute atomic E-state index is 0.303. The van der Waals surface area contributed by atoms with Gasteiger partial charge in [0.15, 0.2) is 0 Å². The van der Waals surface area contributed by atoms with E-state index in [1.54, 1.807) is 0 Å². The lowest BCUT2D eigenvalue weighted by molar-refractivity contribution is -0.133. The average molecular weight is 295 g/mol. The quantitative estimate of drug-likeness (QED) is 0.864. The Balaban J connectivity index is 1.76. The monoisotopic (exact) mass is 295 g/mol. The van der Waals surface area contributed by atoms with Crippen molar-refractivity contribution < 1.29 is 4.79 Å². The summed E-state index contributed by atoms with van der Waals surface area (Å²) in [5.41, 5.74) is 0.431. The van der Waals surface area contributed by atoms with Gasteiger partial charge in [0.2, 0.25) is 5.91 Å². The predicted octanol–water partition coefficient (Wildman–Crippen LogP) is 1.95. The van der Waals surface area contributed by atoms with Crippen molar-refractivity contribution in [1.29, 1.82) is 0 Å². The average Bonchev–Trinajstić information content (AvgIpc) is 2.47. The van der Waals surface area contributed by atoms with E-state index in [4.69, 9.17) is 0 Å². The second kappa shape index (κ2) is 7.10. The van der Waals surface area contributed by atoms with Crippen LogP contribution in [0.2, 0.25) is 0 Å². The standard InChI is InChI=1S/C17H33N3O/c1-17(2,3)14-5-7-15(8-6-14)19(4)13-16(21)20-11-9-18-10-12-20/h14-15,18H,5-13H2,1-4H3. The van der Waals surface area contributed by atoms with E-state index >= 15 is 0 Å². The van der Waals surface area contributed by atoms with Gasteiger partial charge in [-0.25, -0.2) is 0 Å². The highest BCUT2D eigenvalue weighted by molar-refractivity contribution is 5.78. The van der Waals surface area contributed by atoms with Crippen LogP contribution in [-0.2, 0) is 4.79 Å². The third kappa shape index (κ3) is 4.68. The number of carbonyl (C=O) groups is 1. The molecule has 4 heteroatoms. The van der Waals surface area contributed by atoms with Crippen LogP contribution in [0.3, 0.4) is 0 Å². The van der Waals surface area contributed by atoms with E-state index in [2.05, 4.69) is 38.0 Å². The number of amides is 1. The summed E-state index contributed by atoms with van der Waals surface area (Å²) in [7, 11) is 2.13. The van der Waals surface area contributed by atoms with Crippen molar-refractivity contribution in [1.82, 2.24) is 15.1 Å². The predicted molar refractivity (Wildman–Crippen MR) is 87.3 cm³/mol. The Bertz CT molecular complexity index is 336. The van der Waals surface area contributed by atoms with Crippen LogP contribution in [0.25, 0.3) is 0 Å². The van der Waals surface area contributed by atoms with Crippen molar-refractivity contribution in [3.63, 3.8) is 0 Å². The topological polar surface area (TPSA) is 35.6 Å². The van der Waals surface area contributed by atoms with Gasteiger partial charge in [0.05, 0.1) is 6.54 Å². The highest BCUT2D eigenvalue weighted by Crippen LogP contribution is 2.38. The lowest BCUT2D eigenvalue weighted by atomic mass is 9.71. The smallest absolute Gasteiger partial charge is 0.236 e. The number of nitrogens with zero attached hydrogens (tertiary/aromatic N) is 2. The van der Waals surface area contributed by atoms with Gasteiger partial charge in [0, 0.05) is 32.2 Å². The van der Waals surface area contributed by atoms with Crippen molar-refractivity contribution in [2.45, 2.75) is 52.5 Å². The van der Waals surface area contributed by atoms with Gasteiger partial charge in [-0.1, -0.05) is 20.8 Å². The molecule has 1 aliphatic heterocycles. The fourth-order valence-corrected chi connectivity index (χ4v) is 3.74. The molecule has 2 rings (SSSR count). The number of piperazine rings is 1. The number of hydrogen-bond donors (Lipinski definition) is 1. The fourth-order valence-electron chi connectivity index (χ4n) is 3.74. The summed E-state index contributed by atoms with van der Waals surface area (Å²) in [6, 6.07) is 0.593. The van der Waals surface area contributed by atoms with E-state index in [0.717, 1.165) is 32.1 Å². The van der Waals surface area contributed by atoms with Crippen LogP contribution in [0.5, 0.6) is 0 Å². The normalized spacial score (nSPS) is 28.0. The number of hydrogen-bond acceptors (Lipinski definition) is 3. The summed E-state index contributed by atoms with van der Waals surface area (Å²) in [4.78, 5) is 16.6. The molecular weight excluding hydrogens is 262 g/mol. The Kier molecular flexibility index (Phi) is 5.67. The molecule has 0 spiro atoms. The van der Waals surface area contributed by atoms with Crippen molar-refractivity contribution in [3.8, 4) is 0 Å². The Morgan fingerprint density at radius 2 is 1.71 bits per heavy atom. The fraction of sp³-hybridized carbons (Fsp3) is 0.941. The van der Waals surface area contributed by atoms with Gasteiger partial charge in [0.25, 0.3) is 0 Å². The van der Waals surface area contributed by atoms with Crippen molar-refractivity contribution >= 4 is 5.91 Å². The first kappa shape index (κ1) is 16.8. The molecular formula is C17H33N3O. The first-order valence-corrected chi connectivity index (χ1v) is 8.56. The molecule has 1 amide bonds. The van der Waals surface area contributed by atoms with Crippen molar-refractivity contribution in [2.75, 3.05) is 39.8 Å². The van der Waals surface area contributed by atoms with E-state index in [1.807, 2.05) is 4.90 Å². The third-order valence-corrected chi connectivity index (χ3v) is 5.40. The Morgan fingerprint density at radius 3 is 2.24 bits per heavy atom. The van der Waals surface area contributed by atoms with Crippen LogP contribution in [0.1, 0.15) is 46.5 Å². The van der Waals surface area contributed by atoms with Crippen LogP contribution in [-0.4, -0.2) is 61.5 Å². The molecule has 1 N–H and O–H groups in total. The van der Waals surface area contributed by atoms with Gasteiger partial charge in [-0.2, -0.15) is 0 Å². The second-order valence-electron chi connectivity index (χ2n) is 7.92. The Morgan fingerprint density at radius 1 is 1.14 bits per heavy atom. The molecule has 1 saturated carbocycles. The minimum atomic E-state index is 0.303. The summed E-state index contributed by atoms with van der Waals surface area (Å²) in [5, 5.41) is 3.30. The second-order valence-corrected chi connectivity index (χ2v) is 7.92. The van der Waals surface area contributed by atoms with Gasteiger partial charge < -0.3 is 10.2 Å². The highest BCUT2D eigenvalue weighted by atomic mass is 16.2. The molecule has 2 fully saturated rings. The molecule has 0 radical (unpaired) electrons. The van der Waals surface area contributed by atoms with Crippen LogP contribution in [0.4, 0.5) is 0 Å². The van der Waals surface area contributed by atoms with Crippen LogP contribution < -0.4 is 5.32 Å². The Hall–Kier alpha value is -0.610. The molecule has 0 atom stereocenters. The summed E-state index contributed by atoms with van der Waals surface area (Å²) < 4.78 is 0. The van der Waals surface area contributed by atoms with E-state index in [9.17, 15) is 4.79 Å². The molecule has 0 aromatic heterocycles. The zero-order chi connectivity index (χ0) is 15.5. The maximum absolute atomic E-state index is 12.3. The molecule has 0 bridgehead atoms. The highest BCUT2D eigenvalue weighted by Gasteiger charge is 2.31. The van der Waals surface area contributed by atoms with Gasteiger partial charge in [-0.05, 0) is 44.1 Å². The van der Waals surface area contributed by atoms with Gasteiger partial charge in [0.1, 0.15) is 0 Å². The van der Waals surface area contributed by atoms with Crippen LogP contribution in [0.15, 0.2) is 0 Å². The molecule has 21 heavy (non-hydrogen) atoms. The lowest BCUT2D eigenvalue weighted by Crippen LogP contribution is -2.50. The van der Waals surface area contributed by atoms with Crippen molar-refractivity contribution in [3.05, 3.63) is 0 Å². The molecule has 0 aromatic rings. The van der Waals surface area contributed by atoms with E-state index in [-0.39, 0.29) is 0 Å². The van der Waals surface area contributed by atoms with Gasteiger partial charge >= 0.3 is 0 Å².